The van der Waals surface area contributed by atoms with Gasteiger partial charge in [0.15, 0.2) is 0 Å². The molecule has 4 nitrogen and oxygen atoms in total. The SMILES string of the molecule is Cc1ccc(NC(=O)CSc2ncnc3c2sc2ccccc23)cc1Cl. The number of hydrogen-bond donors (Lipinski definition) is 1. The predicted octanol–water partition coefficient (Wildman–Crippen LogP) is 5.54. The summed E-state index contributed by atoms with van der Waals surface area (Å²) in [6, 6.07) is 13.6. The van der Waals surface area contributed by atoms with E-state index in [0.717, 1.165) is 26.2 Å². The van der Waals surface area contributed by atoms with Gasteiger partial charge >= 0.3 is 0 Å². The average molecular weight is 400 g/mol. The topological polar surface area (TPSA) is 54.9 Å². The molecule has 0 aliphatic rings. The van der Waals surface area contributed by atoms with Crippen LogP contribution in [0.3, 0.4) is 0 Å². The van der Waals surface area contributed by atoms with Gasteiger partial charge in [0.25, 0.3) is 0 Å². The van der Waals surface area contributed by atoms with Crippen LogP contribution in [0.5, 0.6) is 0 Å². The van der Waals surface area contributed by atoms with Crippen LogP contribution in [0.15, 0.2) is 53.8 Å². The summed E-state index contributed by atoms with van der Waals surface area (Å²) in [6.07, 6.45) is 1.56. The number of thioether (sulfide) groups is 1. The number of carbonyl (C=O) groups excluding carboxylic acids is 1. The normalized spacial score (nSPS) is 11.2. The highest BCUT2D eigenvalue weighted by Gasteiger charge is 2.13. The average Bonchev–Trinajstić information content (AvgIpc) is 3.02. The van der Waals surface area contributed by atoms with Gasteiger partial charge in [-0.1, -0.05) is 47.6 Å². The first-order valence-electron chi connectivity index (χ1n) is 7.93. The molecule has 130 valence electrons. The van der Waals surface area contributed by atoms with E-state index in [0.29, 0.717) is 10.7 Å². The van der Waals surface area contributed by atoms with Gasteiger partial charge in [0, 0.05) is 20.8 Å². The van der Waals surface area contributed by atoms with Crippen molar-refractivity contribution in [1.29, 1.82) is 0 Å². The number of anilines is 1. The summed E-state index contributed by atoms with van der Waals surface area (Å²) in [7, 11) is 0. The van der Waals surface area contributed by atoms with Crippen molar-refractivity contribution in [3.8, 4) is 0 Å². The molecule has 26 heavy (non-hydrogen) atoms. The first-order valence-corrected chi connectivity index (χ1v) is 10.1. The molecule has 0 aliphatic carbocycles. The van der Waals surface area contributed by atoms with E-state index in [1.807, 2.05) is 31.2 Å². The summed E-state index contributed by atoms with van der Waals surface area (Å²) >= 11 is 9.17. The molecule has 4 rings (SSSR count). The third kappa shape index (κ3) is 3.40. The molecule has 2 heterocycles. The summed E-state index contributed by atoms with van der Waals surface area (Å²) in [5.41, 5.74) is 2.61. The number of fused-ring (bicyclic) bond motifs is 3. The fourth-order valence-electron chi connectivity index (χ4n) is 2.61. The minimum absolute atomic E-state index is 0.0946. The van der Waals surface area contributed by atoms with Crippen LogP contribution in [-0.4, -0.2) is 21.6 Å². The number of nitrogens with one attached hydrogen (secondary N) is 1. The molecule has 0 saturated heterocycles. The lowest BCUT2D eigenvalue weighted by Crippen LogP contribution is -2.14. The second kappa shape index (κ2) is 7.23. The van der Waals surface area contributed by atoms with E-state index in [9.17, 15) is 4.79 Å². The number of carbonyl (C=O) groups is 1. The molecule has 4 aromatic rings. The zero-order valence-electron chi connectivity index (χ0n) is 13.8. The van der Waals surface area contributed by atoms with Crippen LogP contribution in [0.25, 0.3) is 20.3 Å². The van der Waals surface area contributed by atoms with Crippen molar-refractivity contribution in [2.24, 2.45) is 0 Å². The maximum absolute atomic E-state index is 12.3. The van der Waals surface area contributed by atoms with E-state index < -0.39 is 0 Å². The van der Waals surface area contributed by atoms with Crippen molar-refractivity contribution in [3.63, 3.8) is 0 Å². The van der Waals surface area contributed by atoms with Gasteiger partial charge in [-0.05, 0) is 30.7 Å². The molecule has 0 unspecified atom stereocenters. The molecule has 7 heteroatoms. The summed E-state index contributed by atoms with van der Waals surface area (Å²) in [6.45, 7) is 1.93. The molecule has 0 spiro atoms. The third-order valence-electron chi connectivity index (χ3n) is 3.92. The molecule has 0 aliphatic heterocycles. The summed E-state index contributed by atoms with van der Waals surface area (Å²) in [4.78, 5) is 21.1. The van der Waals surface area contributed by atoms with Gasteiger partial charge < -0.3 is 5.32 Å². The molecule has 0 fully saturated rings. The lowest BCUT2D eigenvalue weighted by atomic mass is 10.2. The van der Waals surface area contributed by atoms with Gasteiger partial charge in [-0.2, -0.15) is 0 Å². The van der Waals surface area contributed by atoms with E-state index in [2.05, 4.69) is 27.4 Å². The zero-order chi connectivity index (χ0) is 18.1. The number of hydrogen-bond acceptors (Lipinski definition) is 5. The van der Waals surface area contributed by atoms with Gasteiger partial charge in [0.2, 0.25) is 5.91 Å². The lowest BCUT2D eigenvalue weighted by Gasteiger charge is -2.07. The maximum atomic E-state index is 12.3. The van der Waals surface area contributed by atoms with Crippen LogP contribution in [0.4, 0.5) is 5.69 Å². The first-order chi connectivity index (χ1) is 12.6. The molecule has 2 aromatic carbocycles. The van der Waals surface area contributed by atoms with Crippen molar-refractivity contribution in [1.82, 2.24) is 9.97 Å². The number of thiophene rings is 1. The number of halogens is 1. The summed E-state index contributed by atoms with van der Waals surface area (Å²) in [5, 5.41) is 5.46. The quantitative estimate of drug-likeness (QED) is 0.361. The number of amides is 1. The van der Waals surface area contributed by atoms with Gasteiger partial charge in [0.05, 0.1) is 16.0 Å². The highest BCUT2D eigenvalue weighted by atomic mass is 35.5. The molecule has 0 radical (unpaired) electrons. The number of aryl methyl sites for hydroxylation is 1. The van der Waals surface area contributed by atoms with E-state index in [1.54, 1.807) is 23.7 Å². The minimum atomic E-state index is -0.0946. The van der Waals surface area contributed by atoms with Gasteiger partial charge in [-0.15, -0.1) is 11.3 Å². The molecular formula is C19H14ClN3OS2. The van der Waals surface area contributed by atoms with Crippen molar-refractivity contribution < 1.29 is 4.79 Å². The Hall–Kier alpha value is -2.15. The molecular weight excluding hydrogens is 386 g/mol. The molecule has 1 amide bonds. The Labute approximate surface area is 163 Å². The van der Waals surface area contributed by atoms with Gasteiger partial charge in [-0.3, -0.25) is 4.79 Å². The van der Waals surface area contributed by atoms with Crippen LogP contribution in [0.2, 0.25) is 5.02 Å². The van der Waals surface area contributed by atoms with E-state index in [1.165, 1.54) is 16.5 Å². The Morgan fingerprint density at radius 3 is 2.92 bits per heavy atom. The second-order valence-electron chi connectivity index (χ2n) is 5.76. The molecule has 1 N–H and O–H groups in total. The Kier molecular flexibility index (Phi) is 4.80. The van der Waals surface area contributed by atoms with Crippen molar-refractivity contribution in [2.75, 3.05) is 11.1 Å². The van der Waals surface area contributed by atoms with E-state index >= 15 is 0 Å². The fourth-order valence-corrected chi connectivity index (χ4v) is 4.82. The van der Waals surface area contributed by atoms with Crippen LogP contribution in [0.1, 0.15) is 5.56 Å². The largest absolute Gasteiger partial charge is 0.325 e. The predicted molar refractivity (Wildman–Crippen MR) is 110 cm³/mol. The van der Waals surface area contributed by atoms with Crippen LogP contribution >= 0.6 is 34.7 Å². The highest BCUT2D eigenvalue weighted by Crippen LogP contribution is 2.36. The lowest BCUT2D eigenvalue weighted by molar-refractivity contribution is -0.113. The number of benzene rings is 2. The zero-order valence-corrected chi connectivity index (χ0v) is 16.2. The summed E-state index contributed by atoms with van der Waals surface area (Å²) in [5.74, 6) is 0.175. The van der Waals surface area contributed by atoms with Crippen LogP contribution in [0, 0.1) is 6.92 Å². The summed E-state index contributed by atoms with van der Waals surface area (Å²) < 4.78 is 2.19. The smallest absolute Gasteiger partial charge is 0.234 e. The minimum Gasteiger partial charge on any atom is -0.325 e. The molecule has 2 aromatic heterocycles. The van der Waals surface area contributed by atoms with E-state index in [4.69, 9.17) is 11.6 Å². The standard InChI is InChI=1S/C19H14ClN3OS2/c1-11-6-7-12(8-14(11)20)23-16(24)9-25-19-18-17(21-10-22-19)13-4-2-3-5-15(13)26-18/h2-8,10H,9H2,1H3,(H,23,24). The third-order valence-corrected chi connectivity index (χ3v) is 6.61. The number of nitrogens with zero attached hydrogens (tertiary/aromatic N) is 2. The Morgan fingerprint density at radius 2 is 2.08 bits per heavy atom. The second-order valence-corrected chi connectivity index (χ2v) is 8.18. The van der Waals surface area contributed by atoms with E-state index in [-0.39, 0.29) is 11.7 Å². The van der Waals surface area contributed by atoms with Crippen molar-refractivity contribution >= 4 is 66.6 Å². The Morgan fingerprint density at radius 1 is 1.23 bits per heavy atom. The Balaban J connectivity index is 1.52. The monoisotopic (exact) mass is 399 g/mol. The fraction of sp³-hybridized carbons (Fsp3) is 0.105. The number of aromatic nitrogens is 2. The maximum Gasteiger partial charge on any atom is 0.234 e. The van der Waals surface area contributed by atoms with Crippen molar-refractivity contribution in [2.45, 2.75) is 11.9 Å². The number of rotatable bonds is 4. The highest BCUT2D eigenvalue weighted by molar-refractivity contribution is 8.00. The van der Waals surface area contributed by atoms with Gasteiger partial charge in [0.1, 0.15) is 11.4 Å². The molecule has 0 saturated carbocycles. The van der Waals surface area contributed by atoms with Crippen LogP contribution < -0.4 is 5.32 Å². The molecule has 0 bridgehead atoms. The molecule has 0 atom stereocenters. The van der Waals surface area contributed by atoms with Crippen LogP contribution in [-0.2, 0) is 4.79 Å². The Bertz CT molecular complexity index is 1130. The first kappa shape index (κ1) is 17.3. The van der Waals surface area contributed by atoms with Crippen molar-refractivity contribution in [3.05, 3.63) is 59.4 Å². The van der Waals surface area contributed by atoms with Gasteiger partial charge in [-0.25, -0.2) is 9.97 Å².